The van der Waals surface area contributed by atoms with Crippen LogP contribution in [0.4, 0.5) is 0 Å². The van der Waals surface area contributed by atoms with E-state index in [4.69, 9.17) is 4.74 Å². The van der Waals surface area contributed by atoms with Crippen molar-refractivity contribution in [1.82, 2.24) is 9.38 Å². The van der Waals surface area contributed by atoms with Crippen LogP contribution in [0, 0.1) is 13.8 Å². The summed E-state index contributed by atoms with van der Waals surface area (Å²) >= 11 is 3.56. The molecule has 0 spiro atoms. The number of hydrogen-bond donors (Lipinski definition) is 0. The minimum atomic E-state index is 0.760. The van der Waals surface area contributed by atoms with Crippen LogP contribution in [0.5, 0.6) is 11.6 Å². The van der Waals surface area contributed by atoms with Gasteiger partial charge in [-0.25, -0.2) is 4.98 Å². The summed E-state index contributed by atoms with van der Waals surface area (Å²) in [4.78, 5) is 4.25. The first-order valence-corrected chi connectivity index (χ1v) is 6.81. The quantitative estimate of drug-likeness (QED) is 0.695. The summed E-state index contributed by atoms with van der Waals surface area (Å²) in [6.07, 6.45) is 3.66. The molecule has 3 aromatic rings. The lowest BCUT2D eigenvalue weighted by Crippen LogP contribution is -1.94. The van der Waals surface area contributed by atoms with Crippen LogP contribution < -0.4 is 4.74 Å². The summed E-state index contributed by atoms with van der Waals surface area (Å²) in [7, 11) is 0. The molecule has 0 aliphatic heterocycles. The van der Waals surface area contributed by atoms with E-state index in [0.29, 0.717) is 0 Å². The van der Waals surface area contributed by atoms with Gasteiger partial charge >= 0.3 is 0 Å². The minimum Gasteiger partial charge on any atom is -0.440 e. The highest BCUT2D eigenvalue weighted by Gasteiger charge is 2.06. The van der Waals surface area contributed by atoms with Crippen molar-refractivity contribution < 1.29 is 4.74 Å². The van der Waals surface area contributed by atoms with E-state index in [-0.39, 0.29) is 0 Å². The third-order valence-electron chi connectivity index (χ3n) is 3.02. The fourth-order valence-corrected chi connectivity index (χ4v) is 2.32. The van der Waals surface area contributed by atoms with Crippen LogP contribution in [-0.2, 0) is 0 Å². The van der Waals surface area contributed by atoms with Crippen LogP contribution >= 0.6 is 15.9 Å². The van der Waals surface area contributed by atoms with Crippen molar-refractivity contribution in [3.8, 4) is 11.6 Å². The van der Waals surface area contributed by atoms with Crippen molar-refractivity contribution in [1.29, 1.82) is 0 Å². The Balaban J connectivity index is 2.04. The van der Waals surface area contributed by atoms with Gasteiger partial charge in [0.1, 0.15) is 11.4 Å². The Morgan fingerprint density at radius 3 is 2.63 bits per heavy atom. The lowest BCUT2D eigenvalue weighted by atomic mass is 10.1. The average Bonchev–Trinajstić information content (AvgIpc) is 2.85. The highest BCUT2D eigenvalue weighted by atomic mass is 79.9. The molecule has 2 aromatic heterocycles. The number of nitrogens with zero attached hydrogens (tertiary/aromatic N) is 2. The first kappa shape index (κ1) is 12.2. The van der Waals surface area contributed by atoms with E-state index >= 15 is 0 Å². The van der Waals surface area contributed by atoms with Crippen LogP contribution in [0.25, 0.3) is 5.65 Å². The van der Waals surface area contributed by atoms with Gasteiger partial charge in [0.05, 0.1) is 0 Å². The van der Waals surface area contributed by atoms with Crippen molar-refractivity contribution >= 4 is 21.6 Å². The van der Waals surface area contributed by atoms with Gasteiger partial charge in [0.15, 0.2) is 0 Å². The zero-order chi connectivity index (χ0) is 13.4. The zero-order valence-corrected chi connectivity index (χ0v) is 12.3. The smallest absolute Gasteiger partial charge is 0.205 e. The van der Waals surface area contributed by atoms with Gasteiger partial charge in [0.25, 0.3) is 0 Å². The molecule has 0 amide bonds. The molecule has 2 heterocycles. The van der Waals surface area contributed by atoms with Gasteiger partial charge in [-0.3, -0.25) is 4.40 Å². The molecule has 0 fully saturated rings. The molecule has 3 rings (SSSR count). The van der Waals surface area contributed by atoms with Crippen molar-refractivity contribution in [2.45, 2.75) is 13.8 Å². The molecule has 0 atom stereocenters. The summed E-state index contributed by atoms with van der Waals surface area (Å²) in [5, 5.41) is 0. The maximum atomic E-state index is 5.97. The Labute approximate surface area is 120 Å². The number of benzene rings is 1. The second-order valence-corrected chi connectivity index (χ2v) is 5.29. The molecule has 0 aliphatic rings. The van der Waals surface area contributed by atoms with E-state index in [2.05, 4.69) is 34.8 Å². The number of hydrogen-bond acceptors (Lipinski definition) is 2. The average molecular weight is 317 g/mol. The highest BCUT2D eigenvalue weighted by Crippen LogP contribution is 2.29. The van der Waals surface area contributed by atoms with Gasteiger partial charge in [-0.15, -0.1) is 0 Å². The lowest BCUT2D eigenvalue weighted by Gasteiger charge is -2.11. The fourth-order valence-electron chi connectivity index (χ4n) is 2.09. The topological polar surface area (TPSA) is 26.5 Å². The molecular weight excluding hydrogens is 304 g/mol. The molecule has 4 heteroatoms. The third-order valence-corrected chi connectivity index (χ3v) is 4.27. The molecule has 0 saturated carbocycles. The minimum absolute atomic E-state index is 0.760. The second kappa shape index (κ2) is 4.70. The summed E-state index contributed by atoms with van der Waals surface area (Å²) in [6, 6.07) is 9.86. The number of pyridine rings is 1. The standard InChI is InChI=1S/C15H13BrN2O/c1-10-8-12(9-11(2)15(10)16)19-14-5-3-4-13-17-6-7-18(13)14/h3-9H,1-2H3. The number of rotatable bonds is 2. The van der Waals surface area contributed by atoms with Gasteiger partial charge in [0, 0.05) is 16.9 Å². The zero-order valence-electron chi connectivity index (χ0n) is 10.7. The van der Waals surface area contributed by atoms with Crippen LogP contribution in [0.15, 0.2) is 47.2 Å². The van der Waals surface area contributed by atoms with E-state index in [1.165, 1.54) is 0 Å². The van der Waals surface area contributed by atoms with Crippen molar-refractivity contribution in [3.63, 3.8) is 0 Å². The normalized spacial score (nSPS) is 10.9. The van der Waals surface area contributed by atoms with Crippen LogP contribution in [0.2, 0.25) is 0 Å². The van der Waals surface area contributed by atoms with Crippen LogP contribution in [0.3, 0.4) is 0 Å². The summed E-state index contributed by atoms with van der Waals surface area (Å²) in [6.45, 7) is 4.11. The number of aromatic nitrogens is 2. The number of halogens is 1. The largest absolute Gasteiger partial charge is 0.440 e. The Morgan fingerprint density at radius 1 is 1.16 bits per heavy atom. The predicted molar refractivity (Wildman–Crippen MR) is 78.9 cm³/mol. The van der Waals surface area contributed by atoms with E-state index in [1.807, 2.05) is 40.9 Å². The van der Waals surface area contributed by atoms with Crippen LogP contribution in [0.1, 0.15) is 11.1 Å². The van der Waals surface area contributed by atoms with E-state index in [9.17, 15) is 0 Å². The van der Waals surface area contributed by atoms with Crippen LogP contribution in [-0.4, -0.2) is 9.38 Å². The van der Waals surface area contributed by atoms with Gasteiger partial charge in [0.2, 0.25) is 5.88 Å². The first-order valence-electron chi connectivity index (χ1n) is 6.02. The maximum Gasteiger partial charge on any atom is 0.205 e. The Kier molecular flexibility index (Phi) is 3.03. The molecule has 0 saturated heterocycles. The number of aryl methyl sites for hydroxylation is 2. The number of ether oxygens (including phenoxy) is 1. The monoisotopic (exact) mass is 316 g/mol. The fraction of sp³-hybridized carbons (Fsp3) is 0.133. The van der Waals surface area contributed by atoms with Gasteiger partial charge in [-0.2, -0.15) is 0 Å². The molecular formula is C15H13BrN2O. The maximum absolute atomic E-state index is 5.97. The molecule has 19 heavy (non-hydrogen) atoms. The third kappa shape index (κ3) is 2.24. The molecule has 0 aliphatic carbocycles. The first-order chi connectivity index (χ1) is 9.15. The lowest BCUT2D eigenvalue weighted by molar-refractivity contribution is 0.455. The number of fused-ring (bicyclic) bond motifs is 1. The van der Waals surface area contributed by atoms with Gasteiger partial charge in [-0.05, 0) is 49.2 Å². The Bertz CT molecular complexity index is 726. The van der Waals surface area contributed by atoms with E-state index < -0.39 is 0 Å². The highest BCUT2D eigenvalue weighted by molar-refractivity contribution is 9.10. The Morgan fingerprint density at radius 2 is 1.89 bits per heavy atom. The van der Waals surface area contributed by atoms with Gasteiger partial charge in [-0.1, -0.05) is 22.0 Å². The van der Waals surface area contributed by atoms with Crippen molar-refractivity contribution in [2.75, 3.05) is 0 Å². The summed E-state index contributed by atoms with van der Waals surface area (Å²) in [5.74, 6) is 1.59. The molecule has 0 unspecified atom stereocenters. The predicted octanol–water partition coefficient (Wildman–Crippen LogP) is 4.51. The Hall–Kier alpha value is -1.81. The molecule has 0 N–H and O–H groups in total. The van der Waals surface area contributed by atoms with E-state index in [0.717, 1.165) is 32.9 Å². The molecule has 3 nitrogen and oxygen atoms in total. The van der Waals surface area contributed by atoms with Gasteiger partial charge < -0.3 is 4.74 Å². The van der Waals surface area contributed by atoms with Crippen molar-refractivity contribution in [2.24, 2.45) is 0 Å². The molecule has 0 radical (unpaired) electrons. The molecule has 96 valence electrons. The second-order valence-electron chi connectivity index (χ2n) is 4.49. The van der Waals surface area contributed by atoms with Crippen molar-refractivity contribution in [3.05, 3.63) is 58.3 Å². The summed E-state index contributed by atoms with van der Waals surface area (Å²) in [5.41, 5.74) is 3.20. The SMILES string of the molecule is Cc1cc(Oc2cccc3nccn23)cc(C)c1Br. The number of imidazole rings is 1. The summed E-state index contributed by atoms with van der Waals surface area (Å²) < 4.78 is 9.02. The molecule has 1 aromatic carbocycles. The van der Waals surface area contributed by atoms with E-state index in [1.54, 1.807) is 6.20 Å². The molecule has 0 bridgehead atoms.